The summed E-state index contributed by atoms with van der Waals surface area (Å²) in [4.78, 5) is 23.4. The normalized spacial score (nSPS) is 19.4. The fourth-order valence-electron chi connectivity index (χ4n) is 2.35. The molecule has 0 aliphatic carbocycles. The highest BCUT2D eigenvalue weighted by Gasteiger charge is 2.27. The number of morpholine rings is 1. The van der Waals surface area contributed by atoms with E-state index in [2.05, 4.69) is 0 Å². The summed E-state index contributed by atoms with van der Waals surface area (Å²) in [5.74, 6) is -0.916. The first-order valence-electron chi connectivity index (χ1n) is 6.44. The van der Waals surface area contributed by atoms with Crippen LogP contribution in [-0.2, 0) is 16.1 Å². The van der Waals surface area contributed by atoms with E-state index in [1.165, 1.54) is 6.07 Å². The number of nitro benzene ring substituents is 1. The van der Waals surface area contributed by atoms with Crippen LogP contribution in [0.3, 0.4) is 0 Å². The number of carboxylic acid groups (broad SMARTS) is 1. The van der Waals surface area contributed by atoms with E-state index in [-0.39, 0.29) is 18.2 Å². The number of hydrogen-bond donors (Lipinski definition) is 1. The molecule has 7 nitrogen and oxygen atoms in total. The predicted octanol–water partition coefficient (Wildman–Crippen LogP) is 1.92. The van der Waals surface area contributed by atoms with Crippen molar-refractivity contribution < 1.29 is 19.6 Å². The van der Waals surface area contributed by atoms with Gasteiger partial charge in [-0.2, -0.15) is 0 Å². The summed E-state index contributed by atoms with van der Waals surface area (Å²) in [6, 6.07) is 4.22. The zero-order valence-electron chi connectivity index (χ0n) is 11.2. The number of nitro groups is 1. The van der Waals surface area contributed by atoms with Crippen molar-refractivity contribution in [3.63, 3.8) is 0 Å². The third-order valence-corrected chi connectivity index (χ3v) is 3.61. The van der Waals surface area contributed by atoms with Crippen LogP contribution in [0.1, 0.15) is 12.0 Å². The molecule has 1 aliphatic heterocycles. The van der Waals surface area contributed by atoms with Crippen molar-refractivity contribution in [3.8, 4) is 0 Å². The standard InChI is InChI=1S/C13H15ClN2O5/c14-10-2-1-9(12(5-10)16(19)20)7-15-3-4-21-8-11(15)6-13(17)18/h1-2,5,11H,3-4,6-8H2,(H,17,18). The number of carbonyl (C=O) groups is 1. The summed E-state index contributed by atoms with van der Waals surface area (Å²) >= 11 is 5.79. The zero-order valence-corrected chi connectivity index (χ0v) is 12.0. The SMILES string of the molecule is O=C(O)CC1COCCN1Cc1ccc(Cl)cc1[N+](=O)[O-]. The Kier molecular flexibility index (Phi) is 5.11. The third-order valence-electron chi connectivity index (χ3n) is 3.38. The maximum Gasteiger partial charge on any atom is 0.305 e. The summed E-state index contributed by atoms with van der Waals surface area (Å²) in [6.07, 6.45) is -0.0542. The molecule has 0 amide bonds. The van der Waals surface area contributed by atoms with Gasteiger partial charge >= 0.3 is 5.97 Å². The Bertz CT molecular complexity index is 551. The van der Waals surface area contributed by atoms with Crippen molar-refractivity contribution in [2.75, 3.05) is 19.8 Å². The molecule has 1 aliphatic rings. The van der Waals surface area contributed by atoms with E-state index in [9.17, 15) is 14.9 Å². The molecule has 1 atom stereocenters. The quantitative estimate of drug-likeness (QED) is 0.659. The summed E-state index contributed by atoms with van der Waals surface area (Å²) < 4.78 is 5.29. The minimum atomic E-state index is -0.916. The van der Waals surface area contributed by atoms with Crippen molar-refractivity contribution in [1.82, 2.24) is 4.90 Å². The highest BCUT2D eigenvalue weighted by Crippen LogP contribution is 2.26. The Morgan fingerprint density at radius 1 is 1.57 bits per heavy atom. The molecule has 0 radical (unpaired) electrons. The van der Waals surface area contributed by atoms with E-state index < -0.39 is 10.9 Å². The van der Waals surface area contributed by atoms with Crippen LogP contribution in [0.15, 0.2) is 18.2 Å². The van der Waals surface area contributed by atoms with Gasteiger partial charge in [0.1, 0.15) is 0 Å². The molecule has 1 unspecified atom stereocenters. The topological polar surface area (TPSA) is 92.9 Å². The Labute approximate surface area is 126 Å². The Morgan fingerprint density at radius 3 is 3.00 bits per heavy atom. The molecule has 1 aromatic carbocycles. The Morgan fingerprint density at radius 2 is 2.33 bits per heavy atom. The first kappa shape index (κ1) is 15.7. The van der Waals surface area contributed by atoms with E-state index >= 15 is 0 Å². The van der Waals surface area contributed by atoms with Crippen molar-refractivity contribution in [2.45, 2.75) is 19.0 Å². The molecule has 0 spiro atoms. The molecular formula is C13H15ClN2O5. The van der Waals surface area contributed by atoms with Gasteiger partial charge in [-0.05, 0) is 12.1 Å². The maximum atomic E-state index is 11.1. The summed E-state index contributed by atoms with van der Waals surface area (Å²) in [6.45, 7) is 1.64. The second-order valence-corrected chi connectivity index (χ2v) is 5.26. The number of carboxylic acids is 1. The largest absolute Gasteiger partial charge is 0.481 e. The number of hydrogen-bond acceptors (Lipinski definition) is 5. The van der Waals surface area contributed by atoms with Crippen LogP contribution < -0.4 is 0 Å². The minimum Gasteiger partial charge on any atom is -0.481 e. The summed E-state index contributed by atoms with van der Waals surface area (Å²) in [7, 11) is 0. The van der Waals surface area contributed by atoms with Crippen molar-refractivity contribution in [3.05, 3.63) is 38.9 Å². The van der Waals surface area contributed by atoms with Gasteiger partial charge < -0.3 is 9.84 Å². The van der Waals surface area contributed by atoms with Gasteiger partial charge in [-0.15, -0.1) is 0 Å². The number of nitrogens with zero attached hydrogens (tertiary/aromatic N) is 2. The fraction of sp³-hybridized carbons (Fsp3) is 0.462. The van der Waals surface area contributed by atoms with Gasteiger partial charge in [0, 0.05) is 35.8 Å². The average molecular weight is 315 g/mol. The molecule has 21 heavy (non-hydrogen) atoms. The van der Waals surface area contributed by atoms with E-state index in [1.54, 1.807) is 12.1 Å². The molecule has 1 aromatic rings. The van der Waals surface area contributed by atoms with Crippen LogP contribution in [0, 0.1) is 10.1 Å². The van der Waals surface area contributed by atoms with Gasteiger partial charge in [-0.3, -0.25) is 19.8 Å². The molecule has 2 rings (SSSR count). The second-order valence-electron chi connectivity index (χ2n) is 4.83. The highest BCUT2D eigenvalue weighted by molar-refractivity contribution is 6.30. The summed E-state index contributed by atoms with van der Waals surface area (Å²) in [5, 5.41) is 20.3. The zero-order chi connectivity index (χ0) is 15.4. The smallest absolute Gasteiger partial charge is 0.305 e. The fourth-order valence-corrected chi connectivity index (χ4v) is 2.51. The highest BCUT2D eigenvalue weighted by atomic mass is 35.5. The third kappa shape index (κ3) is 4.13. The minimum absolute atomic E-state index is 0.0527. The number of ether oxygens (including phenoxy) is 1. The molecule has 1 heterocycles. The van der Waals surface area contributed by atoms with Gasteiger partial charge in [-0.25, -0.2) is 0 Å². The van der Waals surface area contributed by atoms with E-state index in [0.717, 1.165) is 0 Å². The molecule has 114 valence electrons. The van der Waals surface area contributed by atoms with Gasteiger partial charge in [0.15, 0.2) is 0 Å². The van der Waals surface area contributed by atoms with Gasteiger partial charge in [-0.1, -0.05) is 11.6 Å². The Hall–Kier alpha value is -1.70. The van der Waals surface area contributed by atoms with Crippen molar-refractivity contribution >= 4 is 23.3 Å². The van der Waals surface area contributed by atoms with E-state index in [1.807, 2.05) is 4.90 Å². The number of rotatable bonds is 5. The van der Waals surface area contributed by atoms with Crippen LogP contribution in [0.25, 0.3) is 0 Å². The molecule has 1 N–H and O–H groups in total. The monoisotopic (exact) mass is 314 g/mol. The van der Waals surface area contributed by atoms with Gasteiger partial charge in [0.25, 0.3) is 5.69 Å². The number of halogens is 1. The van der Waals surface area contributed by atoms with E-state index in [0.29, 0.717) is 36.9 Å². The van der Waals surface area contributed by atoms with Gasteiger partial charge in [0.2, 0.25) is 0 Å². The molecule has 1 saturated heterocycles. The molecule has 0 saturated carbocycles. The lowest BCUT2D eigenvalue weighted by atomic mass is 10.1. The predicted molar refractivity (Wildman–Crippen MR) is 75.4 cm³/mol. The van der Waals surface area contributed by atoms with Crippen LogP contribution in [0.4, 0.5) is 5.69 Å². The molecule has 1 fully saturated rings. The lowest BCUT2D eigenvalue weighted by molar-refractivity contribution is -0.385. The maximum absolute atomic E-state index is 11.1. The second kappa shape index (κ2) is 6.84. The van der Waals surface area contributed by atoms with E-state index in [4.69, 9.17) is 21.4 Å². The van der Waals surface area contributed by atoms with Crippen molar-refractivity contribution in [1.29, 1.82) is 0 Å². The number of aliphatic carboxylic acids is 1. The van der Waals surface area contributed by atoms with Gasteiger partial charge in [0.05, 0.1) is 24.6 Å². The van der Waals surface area contributed by atoms with Crippen molar-refractivity contribution in [2.24, 2.45) is 0 Å². The Balaban J connectivity index is 2.19. The molecule has 0 bridgehead atoms. The number of benzene rings is 1. The van der Waals surface area contributed by atoms with Crippen LogP contribution in [0.5, 0.6) is 0 Å². The lowest BCUT2D eigenvalue weighted by Gasteiger charge is -2.34. The summed E-state index contributed by atoms with van der Waals surface area (Å²) in [5.41, 5.74) is 0.463. The first-order valence-corrected chi connectivity index (χ1v) is 6.81. The molecular weight excluding hydrogens is 300 g/mol. The molecule has 8 heteroatoms. The average Bonchev–Trinajstić information content (AvgIpc) is 2.42. The molecule has 0 aromatic heterocycles. The lowest BCUT2D eigenvalue weighted by Crippen LogP contribution is -2.45. The van der Waals surface area contributed by atoms with Crippen LogP contribution in [0.2, 0.25) is 5.02 Å². The van der Waals surface area contributed by atoms with Crippen LogP contribution in [-0.4, -0.2) is 46.7 Å². The van der Waals surface area contributed by atoms with Crippen LogP contribution >= 0.6 is 11.6 Å². The first-order chi connectivity index (χ1) is 9.97.